The van der Waals surface area contributed by atoms with Gasteiger partial charge in [-0.2, -0.15) is 4.99 Å². The summed E-state index contributed by atoms with van der Waals surface area (Å²) in [4.78, 5) is 17.2. The van der Waals surface area contributed by atoms with E-state index in [2.05, 4.69) is 9.98 Å². The maximum atomic E-state index is 10.8. The number of hydrogen-bond donors (Lipinski definition) is 3. The third-order valence-electron chi connectivity index (χ3n) is 1.69. The zero-order chi connectivity index (χ0) is 13.9. The first-order valence-corrected chi connectivity index (χ1v) is 5.14. The van der Waals surface area contributed by atoms with Crippen molar-refractivity contribution in [2.24, 2.45) is 27.2 Å². The second kappa shape index (κ2) is 5.52. The molecule has 18 heavy (non-hydrogen) atoms. The monoisotopic (exact) mass is 290 g/mol. The van der Waals surface area contributed by atoms with Crippen LogP contribution < -0.4 is 17.2 Å². The molecule has 0 aliphatic heterocycles. The van der Waals surface area contributed by atoms with E-state index in [0.29, 0.717) is 0 Å². The van der Waals surface area contributed by atoms with Crippen molar-refractivity contribution in [2.45, 2.75) is 0 Å². The highest BCUT2D eigenvalue weighted by Crippen LogP contribution is 2.35. The number of nitrogens with zero attached hydrogens (tertiary/aromatic N) is 3. The Morgan fingerprint density at radius 2 is 1.78 bits per heavy atom. The molecule has 6 N–H and O–H groups in total. The van der Waals surface area contributed by atoms with Gasteiger partial charge in [-0.05, 0) is 6.07 Å². The van der Waals surface area contributed by atoms with E-state index >= 15 is 0 Å². The first-order valence-electron chi connectivity index (χ1n) is 4.38. The van der Waals surface area contributed by atoms with Gasteiger partial charge in [-0.25, -0.2) is 4.99 Å². The van der Waals surface area contributed by atoms with Crippen LogP contribution in [0, 0.1) is 10.1 Å². The van der Waals surface area contributed by atoms with Crippen LogP contribution in [-0.2, 0) is 0 Å². The van der Waals surface area contributed by atoms with E-state index < -0.39 is 4.92 Å². The average molecular weight is 291 g/mol. The minimum atomic E-state index is -0.677. The molecular weight excluding hydrogens is 283 g/mol. The second-order valence-electron chi connectivity index (χ2n) is 3.02. The second-order valence-corrected chi connectivity index (χ2v) is 3.83. The van der Waals surface area contributed by atoms with Gasteiger partial charge in [-0.3, -0.25) is 10.1 Å². The third-order valence-corrected chi connectivity index (χ3v) is 2.41. The number of hydrogen-bond acceptors (Lipinski definition) is 3. The standard InChI is InChI=1S/C8H8Cl2N6O2/c9-3-1-5(14-8(13)15-7(11)12)6(16(17)18)2-4(3)10/h1-2H,(H6,11,12,13,14,15). The number of rotatable bonds is 2. The van der Waals surface area contributed by atoms with Crippen LogP contribution in [0.2, 0.25) is 10.0 Å². The van der Waals surface area contributed by atoms with Gasteiger partial charge < -0.3 is 17.2 Å². The van der Waals surface area contributed by atoms with Crippen molar-refractivity contribution in [2.75, 3.05) is 0 Å². The molecule has 8 nitrogen and oxygen atoms in total. The fraction of sp³-hybridized carbons (Fsp3) is 0. The van der Waals surface area contributed by atoms with Gasteiger partial charge in [0.15, 0.2) is 5.96 Å². The highest BCUT2D eigenvalue weighted by atomic mass is 35.5. The molecule has 0 aliphatic rings. The van der Waals surface area contributed by atoms with Crippen LogP contribution in [0.5, 0.6) is 0 Å². The lowest BCUT2D eigenvalue weighted by molar-refractivity contribution is -0.384. The normalized spacial score (nSPS) is 11.1. The van der Waals surface area contributed by atoms with Crippen LogP contribution in [0.4, 0.5) is 11.4 Å². The minimum absolute atomic E-state index is 0.0303. The lowest BCUT2D eigenvalue weighted by atomic mass is 10.3. The van der Waals surface area contributed by atoms with E-state index in [0.717, 1.165) is 6.07 Å². The van der Waals surface area contributed by atoms with Crippen molar-refractivity contribution < 1.29 is 4.92 Å². The van der Waals surface area contributed by atoms with Gasteiger partial charge in [0.1, 0.15) is 5.69 Å². The summed E-state index contributed by atoms with van der Waals surface area (Å²) < 4.78 is 0. The van der Waals surface area contributed by atoms with Crippen molar-refractivity contribution in [3.8, 4) is 0 Å². The van der Waals surface area contributed by atoms with Gasteiger partial charge in [0.25, 0.3) is 5.69 Å². The summed E-state index contributed by atoms with van der Waals surface area (Å²) in [7, 11) is 0. The number of benzene rings is 1. The summed E-state index contributed by atoms with van der Waals surface area (Å²) in [6, 6.07) is 2.25. The topological polar surface area (TPSA) is 146 Å². The minimum Gasteiger partial charge on any atom is -0.370 e. The highest BCUT2D eigenvalue weighted by molar-refractivity contribution is 6.42. The molecule has 0 amide bonds. The molecule has 1 aromatic rings. The number of nitrogens with two attached hydrogens (primary N) is 3. The molecule has 0 saturated heterocycles. The van der Waals surface area contributed by atoms with Gasteiger partial charge in [0.05, 0.1) is 15.0 Å². The largest absolute Gasteiger partial charge is 0.370 e. The van der Waals surface area contributed by atoms with Crippen LogP contribution in [-0.4, -0.2) is 16.8 Å². The molecule has 0 atom stereocenters. The van der Waals surface area contributed by atoms with E-state index in [1.54, 1.807) is 0 Å². The Kier molecular flexibility index (Phi) is 4.29. The molecule has 0 unspecified atom stereocenters. The molecule has 0 spiro atoms. The Morgan fingerprint density at radius 3 is 2.28 bits per heavy atom. The summed E-state index contributed by atoms with van der Waals surface area (Å²) in [5.74, 6) is -0.657. The van der Waals surface area contributed by atoms with E-state index in [1.165, 1.54) is 6.07 Å². The molecule has 96 valence electrons. The first kappa shape index (κ1) is 14.0. The fourth-order valence-electron chi connectivity index (χ4n) is 1.04. The highest BCUT2D eigenvalue weighted by Gasteiger charge is 2.17. The molecule has 0 saturated carbocycles. The molecule has 0 aromatic heterocycles. The van der Waals surface area contributed by atoms with Crippen LogP contribution in [0.1, 0.15) is 0 Å². The summed E-state index contributed by atoms with van der Waals surface area (Å²) in [6.07, 6.45) is 0. The Morgan fingerprint density at radius 1 is 1.22 bits per heavy atom. The number of guanidine groups is 2. The van der Waals surface area contributed by atoms with Crippen LogP contribution in [0.3, 0.4) is 0 Å². The maximum absolute atomic E-state index is 10.8. The van der Waals surface area contributed by atoms with Gasteiger partial charge in [0, 0.05) is 6.07 Å². The van der Waals surface area contributed by atoms with Crippen molar-refractivity contribution in [3.63, 3.8) is 0 Å². The molecule has 0 fully saturated rings. The Bertz CT molecular complexity index is 553. The molecule has 0 bridgehead atoms. The molecular formula is C8H8Cl2N6O2. The number of nitro benzene ring substituents is 1. The van der Waals surface area contributed by atoms with Crippen LogP contribution >= 0.6 is 23.2 Å². The summed E-state index contributed by atoms with van der Waals surface area (Å²) >= 11 is 11.4. The molecule has 0 radical (unpaired) electrons. The number of aliphatic imine (C=N–C) groups is 2. The quantitative estimate of drug-likeness (QED) is 0.323. The predicted molar refractivity (Wildman–Crippen MR) is 70.2 cm³/mol. The molecule has 10 heteroatoms. The maximum Gasteiger partial charge on any atom is 0.296 e. The third kappa shape index (κ3) is 3.47. The smallest absolute Gasteiger partial charge is 0.296 e. The summed E-state index contributed by atoms with van der Waals surface area (Å²) in [5, 5.41) is 10.9. The molecule has 0 heterocycles. The fourth-order valence-corrected chi connectivity index (χ4v) is 1.36. The zero-order valence-corrected chi connectivity index (χ0v) is 10.3. The number of halogens is 2. The lowest BCUT2D eigenvalue weighted by Gasteiger charge is -2.01. The molecule has 1 rings (SSSR count). The van der Waals surface area contributed by atoms with Gasteiger partial charge in [-0.1, -0.05) is 23.2 Å². The van der Waals surface area contributed by atoms with Crippen molar-refractivity contribution in [3.05, 3.63) is 32.3 Å². The van der Waals surface area contributed by atoms with Gasteiger partial charge in [0.2, 0.25) is 5.96 Å². The van der Waals surface area contributed by atoms with Crippen molar-refractivity contribution in [1.29, 1.82) is 0 Å². The zero-order valence-electron chi connectivity index (χ0n) is 8.80. The summed E-state index contributed by atoms with van der Waals surface area (Å²) in [6.45, 7) is 0. The first-order chi connectivity index (χ1) is 8.31. The van der Waals surface area contributed by atoms with Crippen molar-refractivity contribution >= 4 is 46.5 Å². The van der Waals surface area contributed by atoms with E-state index in [-0.39, 0.29) is 33.3 Å². The summed E-state index contributed by atoms with van der Waals surface area (Å²) in [5.41, 5.74) is 15.1. The molecule has 0 aliphatic carbocycles. The van der Waals surface area contributed by atoms with Gasteiger partial charge >= 0.3 is 0 Å². The lowest BCUT2D eigenvalue weighted by Crippen LogP contribution is -2.26. The molecule has 1 aromatic carbocycles. The SMILES string of the molecule is NC(N)=NC(N)=Nc1cc(Cl)c(Cl)cc1[N+](=O)[O-]. The van der Waals surface area contributed by atoms with E-state index in [4.69, 9.17) is 40.4 Å². The Balaban J connectivity index is 3.36. The number of nitro groups is 1. The Labute approximate surface area is 111 Å². The van der Waals surface area contributed by atoms with Crippen molar-refractivity contribution in [1.82, 2.24) is 0 Å². The van der Waals surface area contributed by atoms with Crippen LogP contribution in [0.15, 0.2) is 22.1 Å². The van der Waals surface area contributed by atoms with E-state index in [1.807, 2.05) is 0 Å². The average Bonchev–Trinajstić information content (AvgIpc) is 2.21. The van der Waals surface area contributed by atoms with Gasteiger partial charge in [-0.15, -0.1) is 0 Å². The Hall–Kier alpha value is -2.06. The van der Waals surface area contributed by atoms with Crippen LogP contribution in [0.25, 0.3) is 0 Å². The predicted octanol–water partition coefficient (Wildman–Crippen LogP) is 1.12. The van der Waals surface area contributed by atoms with E-state index in [9.17, 15) is 10.1 Å².